The highest BCUT2D eigenvalue weighted by atomic mass is 16.1. The number of hydrogen-bond donors (Lipinski definition) is 2. The van der Waals surface area contributed by atoms with Crippen molar-refractivity contribution < 1.29 is 4.79 Å². The van der Waals surface area contributed by atoms with Gasteiger partial charge in [-0.15, -0.1) is 0 Å². The number of nitrogens with zero attached hydrogens (tertiary/aromatic N) is 3. The number of pyridine rings is 1. The zero-order valence-corrected chi connectivity index (χ0v) is 11.5. The van der Waals surface area contributed by atoms with Gasteiger partial charge in [0, 0.05) is 45.2 Å². The lowest BCUT2D eigenvalue weighted by Crippen LogP contribution is -2.24. The Morgan fingerprint density at radius 1 is 1.47 bits per heavy atom. The molecule has 0 unspecified atom stereocenters. The van der Waals surface area contributed by atoms with E-state index in [9.17, 15) is 4.79 Å². The number of aryl methyl sites for hydroxylation is 2. The van der Waals surface area contributed by atoms with Gasteiger partial charge in [0.25, 0.3) is 0 Å². The highest BCUT2D eigenvalue weighted by Crippen LogP contribution is 2.16. The molecule has 0 aliphatic carbocycles. The molecule has 6 heteroatoms. The molecule has 2 heterocycles. The quantitative estimate of drug-likeness (QED) is 0.769. The van der Waals surface area contributed by atoms with Gasteiger partial charge in [0.1, 0.15) is 0 Å². The van der Waals surface area contributed by atoms with Gasteiger partial charge in [-0.25, -0.2) is 4.98 Å². The van der Waals surface area contributed by atoms with E-state index in [-0.39, 0.29) is 5.91 Å². The van der Waals surface area contributed by atoms with Crippen LogP contribution in [0.4, 0.5) is 0 Å². The van der Waals surface area contributed by atoms with Crippen LogP contribution in [0.3, 0.4) is 0 Å². The lowest BCUT2D eigenvalue weighted by molar-refractivity contribution is -0.120. The van der Waals surface area contributed by atoms with Crippen LogP contribution in [0.1, 0.15) is 17.7 Å². The van der Waals surface area contributed by atoms with Crippen LogP contribution in [-0.4, -0.2) is 34.3 Å². The van der Waals surface area contributed by atoms with E-state index in [0.29, 0.717) is 19.5 Å². The van der Waals surface area contributed by atoms with E-state index >= 15 is 0 Å². The monoisotopic (exact) mass is 261 g/mol. The third kappa shape index (κ3) is 3.08. The summed E-state index contributed by atoms with van der Waals surface area (Å²) in [5, 5.41) is 11.2. The summed E-state index contributed by atoms with van der Waals surface area (Å²) in [6.07, 6.45) is 2.33. The molecule has 2 N–H and O–H groups in total. The Hall–Kier alpha value is -1.95. The van der Waals surface area contributed by atoms with Crippen LogP contribution in [0.5, 0.6) is 0 Å². The van der Waals surface area contributed by atoms with Gasteiger partial charge in [-0.1, -0.05) is 0 Å². The van der Waals surface area contributed by atoms with Gasteiger partial charge in [0.2, 0.25) is 5.91 Å². The number of fused-ring (bicyclic) bond motifs is 1. The van der Waals surface area contributed by atoms with Gasteiger partial charge in [-0.3, -0.25) is 9.48 Å². The van der Waals surface area contributed by atoms with Crippen LogP contribution >= 0.6 is 0 Å². The number of aromatic nitrogens is 3. The van der Waals surface area contributed by atoms with Gasteiger partial charge in [0.05, 0.1) is 5.69 Å². The predicted octanol–water partition coefficient (Wildman–Crippen LogP) is 0.502. The highest BCUT2D eigenvalue weighted by Gasteiger charge is 2.06. The van der Waals surface area contributed by atoms with E-state index in [4.69, 9.17) is 0 Å². The molecule has 2 rings (SSSR count). The second-order valence-corrected chi connectivity index (χ2v) is 4.52. The molecule has 0 atom stereocenters. The van der Waals surface area contributed by atoms with Crippen molar-refractivity contribution in [1.29, 1.82) is 0 Å². The summed E-state index contributed by atoms with van der Waals surface area (Å²) in [4.78, 5) is 15.5. The van der Waals surface area contributed by atoms with Crippen LogP contribution in [0.25, 0.3) is 11.0 Å². The fourth-order valence-corrected chi connectivity index (χ4v) is 2.01. The maximum Gasteiger partial charge on any atom is 0.221 e. The van der Waals surface area contributed by atoms with Gasteiger partial charge < -0.3 is 10.6 Å². The van der Waals surface area contributed by atoms with E-state index in [1.165, 1.54) is 0 Å². The van der Waals surface area contributed by atoms with Crippen LogP contribution in [0.15, 0.2) is 12.3 Å². The Morgan fingerprint density at radius 2 is 2.26 bits per heavy atom. The first-order valence-corrected chi connectivity index (χ1v) is 6.31. The average Bonchev–Trinajstić information content (AvgIpc) is 2.69. The summed E-state index contributed by atoms with van der Waals surface area (Å²) < 4.78 is 1.79. The Labute approximate surface area is 112 Å². The third-order valence-corrected chi connectivity index (χ3v) is 3.06. The molecule has 6 nitrogen and oxygen atoms in total. The van der Waals surface area contributed by atoms with E-state index in [2.05, 4.69) is 26.8 Å². The molecule has 1 amide bonds. The smallest absolute Gasteiger partial charge is 0.221 e. The minimum atomic E-state index is 0.0455. The van der Waals surface area contributed by atoms with Gasteiger partial charge >= 0.3 is 0 Å². The first-order chi connectivity index (χ1) is 9.11. The second-order valence-electron chi connectivity index (χ2n) is 4.52. The van der Waals surface area contributed by atoms with Crippen molar-refractivity contribution in [3.05, 3.63) is 23.5 Å². The maximum atomic E-state index is 11.1. The fourth-order valence-electron chi connectivity index (χ4n) is 2.01. The van der Waals surface area contributed by atoms with Crippen molar-refractivity contribution in [1.82, 2.24) is 25.4 Å². The minimum Gasteiger partial charge on any atom is -0.359 e. The lowest BCUT2D eigenvalue weighted by atomic mass is 10.2. The molecule has 0 saturated heterocycles. The van der Waals surface area contributed by atoms with Crippen molar-refractivity contribution in [2.75, 3.05) is 13.6 Å². The standard InChI is InChI=1S/C13H19N5O/c1-9-11-6-10(7-15-5-4-12(19)14-2)8-16-13(11)18(3)17-9/h6,8,15H,4-5,7H2,1-3H3,(H,14,19). The van der Waals surface area contributed by atoms with E-state index in [1.807, 2.05) is 20.2 Å². The van der Waals surface area contributed by atoms with Crippen molar-refractivity contribution in [3.8, 4) is 0 Å². The Morgan fingerprint density at radius 3 is 3.00 bits per heavy atom. The molecular formula is C13H19N5O. The van der Waals surface area contributed by atoms with Crippen LogP contribution in [0.2, 0.25) is 0 Å². The summed E-state index contributed by atoms with van der Waals surface area (Å²) in [5.41, 5.74) is 2.98. The molecule has 0 fully saturated rings. The minimum absolute atomic E-state index is 0.0455. The molecule has 19 heavy (non-hydrogen) atoms. The molecule has 0 radical (unpaired) electrons. The molecule has 0 aromatic carbocycles. The number of carbonyl (C=O) groups is 1. The summed E-state index contributed by atoms with van der Waals surface area (Å²) in [7, 11) is 3.54. The van der Waals surface area contributed by atoms with Gasteiger partial charge in [0.15, 0.2) is 5.65 Å². The normalized spacial score (nSPS) is 10.9. The predicted molar refractivity (Wildman–Crippen MR) is 73.6 cm³/mol. The zero-order chi connectivity index (χ0) is 13.8. The van der Waals surface area contributed by atoms with Crippen LogP contribution < -0.4 is 10.6 Å². The molecular weight excluding hydrogens is 242 g/mol. The SMILES string of the molecule is CNC(=O)CCNCc1cnc2c(c1)c(C)nn2C. The second kappa shape index (κ2) is 5.79. The molecule has 2 aromatic heterocycles. The van der Waals surface area contributed by atoms with Crippen molar-refractivity contribution in [2.24, 2.45) is 7.05 Å². The van der Waals surface area contributed by atoms with E-state index < -0.39 is 0 Å². The third-order valence-electron chi connectivity index (χ3n) is 3.06. The number of rotatable bonds is 5. The summed E-state index contributed by atoms with van der Waals surface area (Å²) in [5.74, 6) is 0.0455. The van der Waals surface area contributed by atoms with Crippen LogP contribution in [-0.2, 0) is 18.4 Å². The molecule has 102 valence electrons. The van der Waals surface area contributed by atoms with Crippen molar-refractivity contribution >= 4 is 16.9 Å². The molecule has 0 spiro atoms. The maximum absolute atomic E-state index is 11.1. The van der Waals surface area contributed by atoms with Crippen molar-refractivity contribution in [3.63, 3.8) is 0 Å². The molecule has 0 saturated carbocycles. The fraction of sp³-hybridized carbons (Fsp3) is 0.462. The first kappa shape index (κ1) is 13.5. The summed E-state index contributed by atoms with van der Waals surface area (Å²) >= 11 is 0. The number of carbonyl (C=O) groups excluding carboxylic acids is 1. The lowest BCUT2D eigenvalue weighted by Gasteiger charge is -2.04. The van der Waals surface area contributed by atoms with Crippen molar-refractivity contribution in [2.45, 2.75) is 19.9 Å². The topological polar surface area (TPSA) is 71.8 Å². The number of nitrogens with one attached hydrogen (secondary N) is 2. The Kier molecular flexibility index (Phi) is 4.11. The molecule has 0 bridgehead atoms. The number of amides is 1. The van der Waals surface area contributed by atoms with Gasteiger partial charge in [-0.2, -0.15) is 5.10 Å². The van der Waals surface area contributed by atoms with E-state index in [0.717, 1.165) is 22.3 Å². The first-order valence-electron chi connectivity index (χ1n) is 6.31. The Balaban J connectivity index is 1.98. The van der Waals surface area contributed by atoms with Gasteiger partial charge in [-0.05, 0) is 18.6 Å². The number of hydrogen-bond acceptors (Lipinski definition) is 4. The summed E-state index contributed by atoms with van der Waals surface area (Å²) in [6, 6.07) is 2.09. The summed E-state index contributed by atoms with van der Waals surface area (Å²) in [6.45, 7) is 3.34. The molecule has 2 aromatic rings. The molecule has 0 aliphatic rings. The van der Waals surface area contributed by atoms with Crippen LogP contribution in [0, 0.1) is 6.92 Å². The average molecular weight is 261 g/mol. The Bertz CT molecular complexity index is 590. The largest absolute Gasteiger partial charge is 0.359 e. The zero-order valence-electron chi connectivity index (χ0n) is 11.5. The molecule has 0 aliphatic heterocycles. The van der Waals surface area contributed by atoms with E-state index in [1.54, 1.807) is 11.7 Å². The highest BCUT2D eigenvalue weighted by molar-refractivity contribution is 5.78.